The average molecular weight is 310 g/mol. The van der Waals surface area contributed by atoms with Gasteiger partial charge in [0.2, 0.25) is 10.0 Å². The molecule has 0 amide bonds. The Bertz CT molecular complexity index is 511. The molecule has 1 saturated heterocycles. The van der Waals surface area contributed by atoms with Crippen LogP contribution in [0.4, 0.5) is 0 Å². The highest BCUT2D eigenvalue weighted by atomic mass is 32.2. The van der Waals surface area contributed by atoms with Crippen LogP contribution in [0.5, 0.6) is 0 Å². The predicted octanol–water partition coefficient (Wildman–Crippen LogP) is -0.437. The number of rotatable bonds is 5. The Morgan fingerprint density at radius 2 is 1.74 bits per heavy atom. The van der Waals surface area contributed by atoms with Crippen molar-refractivity contribution in [2.24, 2.45) is 11.7 Å². The molecule has 2 N–H and O–H groups in total. The molecule has 1 atom stereocenters. The van der Waals surface area contributed by atoms with Crippen LogP contribution in [0.25, 0.3) is 0 Å². The van der Waals surface area contributed by atoms with Crippen LogP contribution >= 0.6 is 0 Å². The molecular weight excluding hydrogens is 288 g/mol. The van der Waals surface area contributed by atoms with Gasteiger partial charge in [0.1, 0.15) is 9.84 Å². The van der Waals surface area contributed by atoms with E-state index in [2.05, 4.69) is 0 Å². The summed E-state index contributed by atoms with van der Waals surface area (Å²) in [6, 6.07) is -0.136. The van der Waals surface area contributed by atoms with Gasteiger partial charge in [-0.25, -0.2) is 21.1 Å². The molecule has 1 aliphatic heterocycles. The van der Waals surface area contributed by atoms with Gasteiger partial charge in [0, 0.05) is 19.6 Å². The quantitative estimate of drug-likeness (QED) is 0.742. The molecule has 0 radical (unpaired) electrons. The molecule has 19 heavy (non-hydrogen) atoms. The smallest absolute Gasteiger partial charge is 0.217 e. The van der Waals surface area contributed by atoms with E-state index in [1.54, 1.807) is 7.05 Å². The summed E-state index contributed by atoms with van der Waals surface area (Å²) in [4.78, 5) is 0. The lowest BCUT2D eigenvalue weighted by Crippen LogP contribution is -2.48. The van der Waals surface area contributed by atoms with Gasteiger partial charge in [0.25, 0.3) is 0 Å². The third kappa shape index (κ3) is 3.29. The van der Waals surface area contributed by atoms with E-state index in [1.807, 2.05) is 0 Å². The molecule has 0 aromatic rings. The Labute approximate surface area is 115 Å². The molecule has 8 heteroatoms. The first-order valence-corrected chi connectivity index (χ1v) is 9.98. The van der Waals surface area contributed by atoms with Crippen molar-refractivity contribution in [2.45, 2.75) is 37.0 Å². The summed E-state index contributed by atoms with van der Waals surface area (Å²) in [5, 5.41) is -0.575. The molecule has 0 aromatic carbocycles. The van der Waals surface area contributed by atoms with E-state index in [0.29, 0.717) is 12.5 Å². The van der Waals surface area contributed by atoms with Gasteiger partial charge in [-0.3, -0.25) is 0 Å². The minimum absolute atomic E-state index is 0.0263. The van der Waals surface area contributed by atoms with Crippen LogP contribution in [0.2, 0.25) is 0 Å². The van der Waals surface area contributed by atoms with Crippen LogP contribution in [-0.4, -0.2) is 57.5 Å². The van der Waals surface area contributed by atoms with Crippen LogP contribution in [-0.2, 0) is 19.9 Å². The van der Waals surface area contributed by atoms with Crippen molar-refractivity contribution in [3.05, 3.63) is 0 Å². The van der Waals surface area contributed by atoms with Crippen LogP contribution in [0, 0.1) is 5.92 Å². The van der Waals surface area contributed by atoms with Gasteiger partial charge in [0.15, 0.2) is 0 Å². The van der Waals surface area contributed by atoms with Crippen LogP contribution in [0.15, 0.2) is 0 Å². The zero-order valence-electron chi connectivity index (χ0n) is 11.2. The van der Waals surface area contributed by atoms with Crippen molar-refractivity contribution < 1.29 is 16.8 Å². The van der Waals surface area contributed by atoms with E-state index < -0.39 is 25.1 Å². The van der Waals surface area contributed by atoms with Crippen molar-refractivity contribution in [1.29, 1.82) is 0 Å². The van der Waals surface area contributed by atoms with Gasteiger partial charge in [0.05, 0.1) is 16.8 Å². The summed E-state index contributed by atoms with van der Waals surface area (Å²) in [5.74, 6) is 0.320. The Balaban J connectivity index is 2.09. The Morgan fingerprint density at radius 3 is 2.16 bits per heavy atom. The molecule has 1 aliphatic carbocycles. The molecule has 2 rings (SSSR count). The summed E-state index contributed by atoms with van der Waals surface area (Å²) in [6.07, 6.45) is 2.47. The number of sulfone groups is 1. The standard InChI is InChI=1S/C11H22N2O4S2/c1-13(11(8-12)9-2-3-9)19(16,17)10-4-6-18(14,15)7-5-10/h9-11H,2-8,12H2,1H3. The number of likely N-dealkylation sites (N-methyl/N-ethyl adjacent to an activating group) is 1. The van der Waals surface area contributed by atoms with E-state index in [9.17, 15) is 16.8 Å². The van der Waals surface area contributed by atoms with Gasteiger partial charge in [-0.1, -0.05) is 0 Å². The number of nitrogens with zero attached hydrogens (tertiary/aromatic N) is 1. The lowest BCUT2D eigenvalue weighted by molar-refractivity contribution is 0.334. The highest BCUT2D eigenvalue weighted by Gasteiger charge is 2.42. The van der Waals surface area contributed by atoms with Gasteiger partial charge < -0.3 is 5.73 Å². The number of hydrogen-bond donors (Lipinski definition) is 1. The summed E-state index contributed by atoms with van der Waals surface area (Å²) < 4.78 is 49.2. The summed E-state index contributed by atoms with van der Waals surface area (Å²) >= 11 is 0. The van der Waals surface area contributed by atoms with Gasteiger partial charge in [-0.15, -0.1) is 0 Å². The topological polar surface area (TPSA) is 97.5 Å². The minimum atomic E-state index is -3.44. The maximum Gasteiger partial charge on any atom is 0.217 e. The van der Waals surface area contributed by atoms with Crippen LogP contribution in [0.3, 0.4) is 0 Å². The van der Waals surface area contributed by atoms with E-state index in [0.717, 1.165) is 12.8 Å². The molecular formula is C11H22N2O4S2. The number of nitrogens with two attached hydrogens (primary N) is 1. The first-order chi connectivity index (χ1) is 8.78. The first-order valence-electron chi connectivity index (χ1n) is 6.65. The second-order valence-electron chi connectivity index (χ2n) is 5.55. The molecule has 2 aliphatic rings. The highest BCUT2D eigenvalue weighted by molar-refractivity contribution is 7.92. The first kappa shape index (κ1) is 15.2. The molecule has 0 bridgehead atoms. The van der Waals surface area contributed by atoms with E-state index >= 15 is 0 Å². The fourth-order valence-electron chi connectivity index (χ4n) is 2.71. The largest absolute Gasteiger partial charge is 0.329 e. The summed E-state index contributed by atoms with van der Waals surface area (Å²) in [7, 11) is -4.90. The van der Waals surface area contributed by atoms with Crippen molar-refractivity contribution in [1.82, 2.24) is 4.31 Å². The monoisotopic (exact) mass is 310 g/mol. The Kier molecular flexibility index (Phi) is 4.25. The molecule has 2 fully saturated rings. The van der Waals surface area contributed by atoms with Gasteiger partial charge in [-0.05, 0) is 31.6 Å². The SMILES string of the molecule is CN(C(CN)C1CC1)S(=O)(=O)C1CCS(=O)(=O)CC1. The molecule has 6 nitrogen and oxygen atoms in total. The second kappa shape index (κ2) is 5.31. The van der Waals surface area contributed by atoms with E-state index in [-0.39, 0.29) is 30.4 Å². The zero-order valence-corrected chi connectivity index (χ0v) is 12.8. The number of sulfonamides is 1. The van der Waals surface area contributed by atoms with E-state index in [4.69, 9.17) is 5.73 Å². The third-order valence-electron chi connectivity index (χ3n) is 4.20. The van der Waals surface area contributed by atoms with Crippen LogP contribution < -0.4 is 5.73 Å². The summed E-state index contributed by atoms with van der Waals surface area (Å²) in [5.41, 5.74) is 5.68. The van der Waals surface area contributed by atoms with Crippen molar-refractivity contribution in [2.75, 3.05) is 25.1 Å². The molecule has 0 aromatic heterocycles. The van der Waals surface area contributed by atoms with Crippen LogP contribution in [0.1, 0.15) is 25.7 Å². The lowest BCUT2D eigenvalue weighted by atomic mass is 10.2. The zero-order chi connectivity index (χ0) is 14.3. The molecule has 0 spiro atoms. The fourth-order valence-corrected chi connectivity index (χ4v) is 6.44. The van der Waals surface area contributed by atoms with Crippen molar-refractivity contribution in [3.63, 3.8) is 0 Å². The fraction of sp³-hybridized carbons (Fsp3) is 1.00. The molecule has 112 valence electrons. The van der Waals surface area contributed by atoms with Crippen molar-refractivity contribution >= 4 is 19.9 Å². The van der Waals surface area contributed by atoms with Gasteiger partial charge >= 0.3 is 0 Å². The minimum Gasteiger partial charge on any atom is -0.329 e. The Hall–Kier alpha value is -0.180. The van der Waals surface area contributed by atoms with E-state index in [1.165, 1.54) is 4.31 Å². The Morgan fingerprint density at radius 1 is 1.21 bits per heavy atom. The highest BCUT2D eigenvalue weighted by Crippen LogP contribution is 2.36. The molecule has 1 saturated carbocycles. The maximum atomic E-state index is 12.5. The predicted molar refractivity (Wildman–Crippen MR) is 73.9 cm³/mol. The average Bonchev–Trinajstić information content (AvgIpc) is 3.13. The second-order valence-corrected chi connectivity index (χ2v) is 10.1. The molecule has 1 heterocycles. The molecule has 1 unspecified atom stereocenters. The normalized spacial score (nSPS) is 26.5. The lowest BCUT2D eigenvalue weighted by Gasteiger charge is -2.32. The maximum absolute atomic E-state index is 12.5. The summed E-state index contributed by atoms with van der Waals surface area (Å²) in [6.45, 7) is 0.325. The van der Waals surface area contributed by atoms with Gasteiger partial charge in [-0.2, -0.15) is 0 Å². The van der Waals surface area contributed by atoms with Crippen molar-refractivity contribution in [3.8, 4) is 0 Å². The third-order valence-corrected chi connectivity index (χ3v) is 8.30. The number of hydrogen-bond acceptors (Lipinski definition) is 5.